The molecule has 1 radical (unpaired) electrons. The molecule has 0 atom stereocenters. The van der Waals surface area contributed by atoms with Crippen LogP contribution in [0.2, 0.25) is 0 Å². The molecule has 3 heterocycles. The summed E-state index contributed by atoms with van der Waals surface area (Å²) < 4.78 is 108. The summed E-state index contributed by atoms with van der Waals surface area (Å²) in [5.74, 6) is 0. The zero-order valence-corrected chi connectivity index (χ0v) is 29.1. The van der Waals surface area contributed by atoms with Crippen molar-refractivity contribution < 1.29 is 48.7 Å². The predicted octanol–water partition coefficient (Wildman–Crippen LogP) is 12.0. The Hall–Kier alpha value is -4.84. The van der Waals surface area contributed by atoms with Gasteiger partial charge in [-0.05, 0) is 69.9 Å². The number of nitrogens with zero attached hydrogens (tertiary/aromatic N) is 2. The van der Waals surface area contributed by atoms with Gasteiger partial charge in [0.05, 0.1) is 11.0 Å². The number of pyridine rings is 2. The first-order valence-electron chi connectivity index (χ1n) is 19.4. The van der Waals surface area contributed by atoms with E-state index < -0.39 is 31.7 Å². The molecule has 0 aliphatic rings. The Kier molecular flexibility index (Phi) is 7.19. The number of hydrogen-bond donors (Lipinski definition) is 0. The van der Waals surface area contributed by atoms with Crippen LogP contribution in [0.5, 0.6) is 0 Å². The van der Waals surface area contributed by atoms with E-state index in [2.05, 4.69) is 52.4 Å². The van der Waals surface area contributed by atoms with Crippen LogP contribution in [0.25, 0.3) is 66.0 Å². The molecule has 3 nitrogen and oxygen atoms in total. The Morgan fingerprint density at radius 1 is 0.760 bits per heavy atom. The van der Waals surface area contributed by atoms with Gasteiger partial charge in [0.2, 0.25) is 0 Å². The molecular weight excluding hydrogens is 810 g/mol. The third-order valence-corrected chi connectivity index (χ3v) is 8.33. The minimum absolute atomic E-state index is 0. The second kappa shape index (κ2) is 13.8. The second-order valence-corrected chi connectivity index (χ2v) is 12.2. The molecule has 0 N–H and O–H groups in total. The number of aromatic nitrogens is 2. The van der Waals surface area contributed by atoms with E-state index in [1.54, 1.807) is 18.2 Å². The molecule has 0 spiro atoms. The minimum atomic E-state index is -4.74. The smallest absolute Gasteiger partial charge is 0.394 e. The number of hydrogen-bond acceptors (Lipinski definition) is 3. The topological polar surface area (TPSA) is 38.9 Å². The SMILES string of the molecule is [2H]C([2H])([2H])c1c[c-]c(-c2ccc(C([2H])([2H])[2H])cn2)cc1.[2H]C([2H])(c1ccnc(-c2[c-]ccc3c2oc2cc4c(ccc5ccccc54)cc23)c1)C(C)(C)C(F)(F)F.[Ir]. The fourth-order valence-electron chi connectivity index (χ4n) is 5.65. The summed E-state index contributed by atoms with van der Waals surface area (Å²) in [5, 5.41) is 6.07. The molecule has 0 saturated heterocycles. The molecule has 0 unspecified atom stereocenters. The van der Waals surface area contributed by atoms with Gasteiger partial charge in [0.1, 0.15) is 5.58 Å². The zero-order valence-electron chi connectivity index (χ0n) is 34.7. The number of benzene rings is 5. The maximum absolute atomic E-state index is 13.7. The molecule has 253 valence electrons. The summed E-state index contributed by atoms with van der Waals surface area (Å²) >= 11 is 0. The van der Waals surface area contributed by atoms with E-state index in [9.17, 15) is 13.2 Å². The van der Waals surface area contributed by atoms with Gasteiger partial charge in [-0.25, -0.2) is 0 Å². The molecule has 5 aromatic carbocycles. The van der Waals surface area contributed by atoms with Crippen molar-refractivity contribution in [2.24, 2.45) is 5.41 Å². The molecule has 8 aromatic rings. The summed E-state index contributed by atoms with van der Waals surface area (Å²) in [6.45, 7) is -2.60. The maximum Gasteiger partial charge on any atom is 0.394 e. The standard InChI is InChI=1S/C30H21F3NO.C13H12N.Ir/c1-29(2,30(31,32)33)17-18-12-13-34-26(14-18)23-9-5-8-22-25-15-20-11-10-19-6-3-4-7-21(19)24(20)16-27(25)35-28(22)23;1-10-3-6-12(7-4-10)13-8-5-11(2)9-14-13;/h3-8,10-16H,17H2,1-2H3;3-6,8-9H,1-2H3;/q2*-1;/i17D2;1D3,2D3;. The third-order valence-electron chi connectivity index (χ3n) is 8.33. The van der Waals surface area contributed by atoms with E-state index in [0.717, 1.165) is 46.2 Å². The summed E-state index contributed by atoms with van der Waals surface area (Å²) in [4.78, 5) is 8.42. The summed E-state index contributed by atoms with van der Waals surface area (Å²) in [7, 11) is 0. The fourth-order valence-corrected chi connectivity index (χ4v) is 5.65. The van der Waals surface area contributed by atoms with E-state index in [0.29, 0.717) is 33.7 Å². The van der Waals surface area contributed by atoms with Crippen LogP contribution >= 0.6 is 0 Å². The number of halogens is 3. The van der Waals surface area contributed by atoms with Crippen molar-refractivity contribution in [1.82, 2.24) is 9.97 Å². The number of alkyl halides is 3. The van der Waals surface area contributed by atoms with Crippen LogP contribution in [-0.2, 0) is 26.5 Å². The summed E-state index contributed by atoms with van der Waals surface area (Å²) in [5.41, 5.74) is 0.742. The van der Waals surface area contributed by atoms with Crippen LogP contribution in [0.4, 0.5) is 13.2 Å². The van der Waals surface area contributed by atoms with E-state index in [4.69, 9.17) is 15.4 Å². The van der Waals surface area contributed by atoms with Crippen molar-refractivity contribution >= 4 is 43.5 Å². The van der Waals surface area contributed by atoms with E-state index in [1.807, 2.05) is 24.3 Å². The molecule has 0 amide bonds. The van der Waals surface area contributed by atoms with Crippen LogP contribution in [0.3, 0.4) is 0 Å². The van der Waals surface area contributed by atoms with Crippen molar-refractivity contribution in [3.05, 3.63) is 144 Å². The fraction of sp³-hybridized carbons (Fsp3) is 0.163. The molecule has 50 heavy (non-hydrogen) atoms. The van der Waals surface area contributed by atoms with Gasteiger partial charge in [0.25, 0.3) is 0 Å². The van der Waals surface area contributed by atoms with Gasteiger partial charge in [-0.1, -0.05) is 91.8 Å². The molecule has 8 rings (SSSR count). The normalized spacial score (nSPS) is 15.0. The average molecular weight is 851 g/mol. The van der Waals surface area contributed by atoms with Gasteiger partial charge in [-0.3, -0.25) is 0 Å². The van der Waals surface area contributed by atoms with Crippen LogP contribution in [0, 0.1) is 31.3 Å². The van der Waals surface area contributed by atoms with Crippen molar-refractivity contribution in [3.63, 3.8) is 0 Å². The number of rotatable bonds is 4. The monoisotopic (exact) mass is 851 g/mol. The molecule has 0 bridgehead atoms. The maximum atomic E-state index is 13.7. The Balaban J connectivity index is 0.000000230. The third kappa shape index (κ3) is 6.94. The molecule has 3 aromatic heterocycles. The van der Waals surface area contributed by atoms with Crippen molar-refractivity contribution in [1.29, 1.82) is 0 Å². The minimum Gasteiger partial charge on any atom is -0.501 e. The van der Waals surface area contributed by atoms with Gasteiger partial charge in [-0.15, -0.1) is 53.6 Å². The van der Waals surface area contributed by atoms with Crippen LogP contribution < -0.4 is 0 Å². The second-order valence-electron chi connectivity index (χ2n) is 12.2. The molecular formula is C43H33F3IrN2O-2. The number of aryl methyl sites for hydroxylation is 2. The van der Waals surface area contributed by atoms with Crippen LogP contribution in [-0.4, -0.2) is 16.1 Å². The van der Waals surface area contributed by atoms with Gasteiger partial charge >= 0.3 is 6.18 Å². The van der Waals surface area contributed by atoms with Gasteiger partial charge in [0, 0.05) is 48.9 Å². The molecule has 0 aliphatic heterocycles. The van der Waals surface area contributed by atoms with Crippen molar-refractivity contribution in [2.75, 3.05) is 0 Å². The van der Waals surface area contributed by atoms with Crippen LogP contribution in [0.15, 0.2) is 120 Å². The average Bonchev–Trinajstić information content (AvgIpc) is 3.54. The predicted molar refractivity (Wildman–Crippen MR) is 192 cm³/mol. The quantitative estimate of drug-likeness (QED) is 0.131. The molecule has 0 aliphatic carbocycles. The van der Waals surface area contributed by atoms with E-state index >= 15 is 0 Å². The molecule has 0 saturated carbocycles. The number of furan rings is 1. The Morgan fingerprint density at radius 2 is 1.56 bits per heavy atom. The van der Waals surface area contributed by atoms with E-state index in [1.165, 1.54) is 42.7 Å². The van der Waals surface area contributed by atoms with Crippen molar-refractivity contribution in [2.45, 2.75) is 40.1 Å². The van der Waals surface area contributed by atoms with Gasteiger partial charge < -0.3 is 14.4 Å². The van der Waals surface area contributed by atoms with E-state index in [-0.39, 0.29) is 36.8 Å². The molecule has 7 heteroatoms. The van der Waals surface area contributed by atoms with Gasteiger partial charge in [0.15, 0.2) is 0 Å². The van der Waals surface area contributed by atoms with Gasteiger partial charge in [-0.2, -0.15) is 13.2 Å². The largest absolute Gasteiger partial charge is 0.501 e. The zero-order chi connectivity index (χ0) is 41.1. The molecule has 0 fully saturated rings. The first kappa shape index (κ1) is 26.0. The first-order valence-corrected chi connectivity index (χ1v) is 15.4. The number of fused-ring (bicyclic) bond motifs is 6. The Morgan fingerprint density at radius 3 is 2.30 bits per heavy atom. The first-order chi connectivity index (χ1) is 26.7. The van der Waals surface area contributed by atoms with Crippen LogP contribution in [0.1, 0.15) is 41.5 Å². The summed E-state index contributed by atoms with van der Waals surface area (Å²) in [6, 6.07) is 36.1. The van der Waals surface area contributed by atoms with Crippen molar-refractivity contribution in [3.8, 4) is 22.5 Å². The Labute approximate surface area is 313 Å². The summed E-state index contributed by atoms with van der Waals surface area (Å²) in [6.07, 6.45) is -4.81. The Bertz CT molecular complexity index is 2710.